The molecule has 0 spiro atoms. The number of amides is 1. The van der Waals surface area contributed by atoms with Gasteiger partial charge in [0.05, 0.1) is 20.1 Å². The summed E-state index contributed by atoms with van der Waals surface area (Å²) < 4.78 is 10.7. The molecule has 0 saturated carbocycles. The predicted molar refractivity (Wildman–Crippen MR) is 170 cm³/mol. The van der Waals surface area contributed by atoms with Gasteiger partial charge in [-0.05, 0) is 93.9 Å². The number of rotatable bonds is 8. The first-order chi connectivity index (χ1) is 21.1. The summed E-state index contributed by atoms with van der Waals surface area (Å²) in [6, 6.07) is 36.8. The molecule has 1 unspecified atom stereocenters. The zero-order valence-corrected chi connectivity index (χ0v) is 24.6. The van der Waals surface area contributed by atoms with E-state index in [0.717, 1.165) is 50.8 Å². The summed E-state index contributed by atoms with van der Waals surface area (Å²) in [6.45, 7) is 3.36. The monoisotopic (exact) mass is 569 g/mol. The van der Waals surface area contributed by atoms with Crippen LogP contribution in [0, 0.1) is 0 Å². The van der Waals surface area contributed by atoms with Gasteiger partial charge < -0.3 is 14.4 Å². The van der Waals surface area contributed by atoms with E-state index in [0.29, 0.717) is 25.3 Å². The molecule has 5 heteroatoms. The molecule has 5 nitrogen and oxygen atoms in total. The van der Waals surface area contributed by atoms with Crippen LogP contribution in [-0.4, -0.2) is 37.0 Å². The van der Waals surface area contributed by atoms with E-state index in [1.54, 1.807) is 7.11 Å². The highest BCUT2D eigenvalue weighted by molar-refractivity contribution is 5.95. The maximum atomic E-state index is 13.4. The van der Waals surface area contributed by atoms with Gasteiger partial charge in [0.1, 0.15) is 5.75 Å². The van der Waals surface area contributed by atoms with Crippen molar-refractivity contribution < 1.29 is 19.1 Å². The summed E-state index contributed by atoms with van der Waals surface area (Å²) in [7, 11) is 1.62. The van der Waals surface area contributed by atoms with Crippen LogP contribution in [-0.2, 0) is 22.5 Å². The number of esters is 1. The molecule has 1 amide bonds. The van der Waals surface area contributed by atoms with Gasteiger partial charge in [-0.25, -0.2) is 0 Å². The number of ether oxygens (including phenoxy) is 2. The van der Waals surface area contributed by atoms with Crippen molar-refractivity contribution in [2.24, 2.45) is 0 Å². The largest absolute Gasteiger partial charge is 0.497 e. The fraction of sp³-hybridized carbons (Fsp3) is 0.211. The number of hydrogen-bond donors (Lipinski definition) is 0. The molecule has 216 valence electrons. The number of fused-ring (bicyclic) bond motifs is 2. The van der Waals surface area contributed by atoms with Gasteiger partial charge in [-0.2, -0.15) is 0 Å². The molecule has 43 heavy (non-hydrogen) atoms. The van der Waals surface area contributed by atoms with E-state index < -0.39 is 0 Å². The van der Waals surface area contributed by atoms with E-state index >= 15 is 0 Å². The van der Waals surface area contributed by atoms with Gasteiger partial charge in [0, 0.05) is 24.6 Å². The van der Waals surface area contributed by atoms with Crippen molar-refractivity contribution in [3.63, 3.8) is 0 Å². The first-order valence-corrected chi connectivity index (χ1v) is 14.8. The lowest BCUT2D eigenvalue weighted by Crippen LogP contribution is -2.36. The maximum Gasteiger partial charge on any atom is 0.306 e. The van der Waals surface area contributed by atoms with E-state index in [1.165, 1.54) is 5.56 Å². The predicted octanol–water partition coefficient (Wildman–Crippen LogP) is 7.80. The Labute approximate surface area is 252 Å². The number of carbonyl (C=O) groups is 2. The molecule has 5 aromatic carbocycles. The molecule has 1 aliphatic rings. The second-order valence-electron chi connectivity index (χ2n) is 10.9. The Kier molecular flexibility index (Phi) is 8.23. The Bertz CT molecular complexity index is 1760. The molecule has 0 bridgehead atoms. The summed E-state index contributed by atoms with van der Waals surface area (Å²) in [6.07, 6.45) is 0.996. The van der Waals surface area contributed by atoms with Crippen LogP contribution in [0.2, 0.25) is 0 Å². The summed E-state index contributed by atoms with van der Waals surface area (Å²) in [5, 5.41) is 2.28. The molecule has 0 fully saturated rings. The molecule has 1 aliphatic heterocycles. The molecule has 0 saturated heterocycles. The highest BCUT2D eigenvalue weighted by Crippen LogP contribution is 2.41. The van der Waals surface area contributed by atoms with Crippen molar-refractivity contribution in [3.8, 4) is 16.9 Å². The first kappa shape index (κ1) is 28.2. The van der Waals surface area contributed by atoms with Crippen LogP contribution in [0.1, 0.15) is 51.9 Å². The van der Waals surface area contributed by atoms with Gasteiger partial charge in [0.2, 0.25) is 0 Å². The molecule has 0 N–H and O–H groups in total. The van der Waals surface area contributed by atoms with E-state index in [1.807, 2.05) is 60.4 Å². The fourth-order valence-corrected chi connectivity index (χ4v) is 6.21. The van der Waals surface area contributed by atoms with Gasteiger partial charge in [0.15, 0.2) is 0 Å². The average molecular weight is 570 g/mol. The van der Waals surface area contributed by atoms with Crippen molar-refractivity contribution in [1.82, 2.24) is 4.90 Å². The van der Waals surface area contributed by atoms with Crippen LogP contribution in [0.3, 0.4) is 0 Å². The second-order valence-corrected chi connectivity index (χ2v) is 10.9. The van der Waals surface area contributed by atoms with Gasteiger partial charge in [-0.3, -0.25) is 9.59 Å². The van der Waals surface area contributed by atoms with Crippen LogP contribution in [0.5, 0.6) is 5.75 Å². The zero-order valence-electron chi connectivity index (χ0n) is 24.6. The van der Waals surface area contributed by atoms with Crippen LogP contribution >= 0.6 is 0 Å². The Morgan fingerprint density at radius 1 is 0.814 bits per heavy atom. The number of nitrogens with zero attached hydrogens (tertiary/aromatic N) is 1. The molecule has 1 heterocycles. The van der Waals surface area contributed by atoms with E-state index in [4.69, 9.17) is 9.47 Å². The van der Waals surface area contributed by atoms with Gasteiger partial charge in [-0.15, -0.1) is 0 Å². The van der Waals surface area contributed by atoms with Crippen LogP contribution in [0.15, 0.2) is 109 Å². The van der Waals surface area contributed by atoms with Crippen molar-refractivity contribution in [3.05, 3.63) is 137 Å². The van der Waals surface area contributed by atoms with Crippen molar-refractivity contribution in [2.75, 3.05) is 20.3 Å². The van der Waals surface area contributed by atoms with Crippen molar-refractivity contribution in [1.29, 1.82) is 0 Å². The third kappa shape index (κ3) is 5.89. The molecule has 1 atom stereocenters. The number of hydrogen-bond acceptors (Lipinski definition) is 4. The van der Waals surface area contributed by atoms with Crippen LogP contribution in [0.4, 0.5) is 0 Å². The molecule has 6 rings (SSSR count). The van der Waals surface area contributed by atoms with E-state index in [-0.39, 0.29) is 24.2 Å². The summed E-state index contributed by atoms with van der Waals surface area (Å²) >= 11 is 0. The summed E-state index contributed by atoms with van der Waals surface area (Å²) in [5.74, 6) is 0.363. The highest BCUT2D eigenvalue weighted by Gasteiger charge is 2.27. The lowest BCUT2D eigenvalue weighted by molar-refractivity contribution is -0.143. The minimum atomic E-state index is -0.210. The third-order valence-electron chi connectivity index (χ3n) is 8.35. The maximum absolute atomic E-state index is 13.4. The smallest absolute Gasteiger partial charge is 0.306 e. The normalized spacial score (nSPS) is 13.3. The Hall–Kier alpha value is -4.90. The van der Waals surface area contributed by atoms with Crippen LogP contribution < -0.4 is 4.74 Å². The fourth-order valence-electron chi connectivity index (χ4n) is 6.21. The van der Waals surface area contributed by atoms with E-state index in [9.17, 15) is 9.59 Å². The molecular weight excluding hydrogens is 534 g/mol. The lowest BCUT2D eigenvalue weighted by Gasteiger charge is -2.31. The van der Waals surface area contributed by atoms with Crippen LogP contribution in [0.25, 0.3) is 21.9 Å². The van der Waals surface area contributed by atoms with Gasteiger partial charge in [0.25, 0.3) is 5.91 Å². The molecule has 0 aliphatic carbocycles. The molecule has 0 aromatic heterocycles. The minimum Gasteiger partial charge on any atom is -0.497 e. The third-order valence-corrected chi connectivity index (χ3v) is 8.35. The number of benzene rings is 5. The quantitative estimate of drug-likeness (QED) is 0.179. The Morgan fingerprint density at radius 3 is 2.26 bits per heavy atom. The number of carbonyl (C=O) groups excluding carboxylic acids is 2. The standard InChI is InChI=1S/C38H35NO4/c1-3-43-37(40)24-34(26-10-5-4-6-11-26)36-23-29-13-8-7-12-28(29)22-35(36)33-15-9-14-30-25-39(21-20-32(30)33)38(41)27-16-18-31(42-2)19-17-27/h4-19,22-23,34H,3,20-21,24-25H2,1-2H3. The van der Waals surface area contributed by atoms with Gasteiger partial charge in [-0.1, -0.05) is 72.8 Å². The second kappa shape index (κ2) is 12.5. The lowest BCUT2D eigenvalue weighted by atomic mass is 9.80. The Balaban J connectivity index is 1.43. The Morgan fingerprint density at radius 2 is 1.53 bits per heavy atom. The average Bonchev–Trinajstić information content (AvgIpc) is 3.06. The molecule has 0 radical (unpaired) electrons. The number of methoxy groups -OCH3 is 1. The summed E-state index contributed by atoms with van der Waals surface area (Å²) in [5.41, 5.74) is 7.49. The molecular formula is C38H35NO4. The van der Waals surface area contributed by atoms with Gasteiger partial charge >= 0.3 is 5.97 Å². The zero-order chi connectivity index (χ0) is 29.8. The molecule has 5 aromatic rings. The summed E-state index contributed by atoms with van der Waals surface area (Å²) in [4.78, 5) is 28.3. The first-order valence-electron chi connectivity index (χ1n) is 14.8. The van der Waals surface area contributed by atoms with E-state index in [2.05, 4.69) is 60.7 Å². The topological polar surface area (TPSA) is 55.8 Å². The van der Waals surface area contributed by atoms with Crippen molar-refractivity contribution in [2.45, 2.75) is 32.2 Å². The van der Waals surface area contributed by atoms with Crippen molar-refractivity contribution >= 4 is 22.6 Å². The highest BCUT2D eigenvalue weighted by atomic mass is 16.5. The minimum absolute atomic E-state index is 0.0173. The SMILES string of the molecule is CCOC(=O)CC(c1ccccc1)c1cc2ccccc2cc1-c1cccc2c1CCN(C(=O)c1ccc(OC)cc1)C2.